The zero-order valence-corrected chi connectivity index (χ0v) is 13.2. The van der Waals surface area contributed by atoms with Gasteiger partial charge in [0.1, 0.15) is 6.54 Å². The summed E-state index contributed by atoms with van der Waals surface area (Å²) in [6.45, 7) is 2.02. The van der Waals surface area contributed by atoms with Crippen molar-refractivity contribution in [3.63, 3.8) is 0 Å². The fourth-order valence-electron chi connectivity index (χ4n) is 2.39. The Morgan fingerprint density at radius 2 is 1.67 bits per heavy atom. The van der Waals surface area contributed by atoms with Crippen LogP contribution in [0.2, 0.25) is 0 Å². The molecule has 0 aliphatic rings. The molecule has 0 bridgehead atoms. The van der Waals surface area contributed by atoms with E-state index in [0.717, 1.165) is 15.8 Å². The third-order valence-corrected chi connectivity index (χ3v) is 3.58. The minimum atomic E-state index is -0.399. The van der Waals surface area contributed by atoms with Gasteiger partial charge in [-0.1, -0.05) is 48.5 Å². The average molecular weight is 323 g/mol. The van der Waals surface area contributed by atoms with Gasteiger partial charge in [-0.2, -0.15) is 9.36 Å². The molecule has 1 heterocycles. The molecule has 3 aromatic rings. The monoisotopic (exact) mass is 323 g/mol. The molecule has 122 valence electrons. The number of para-hydroxylation sites is 1. The number of carbonyl (C=O) groups is 1. The molecule has 0 saturated heterocycles. The van der Waals surface area contributed by atoms with E-state index in [1.807, 2.05) is 54.6 Å². The quantitative estimate of drug-likeness (QED) is 0.776. The van der Waals surface area contributed by atoms with Gasteiger partial charge in [-0.25, -0.2) is 4.79 Å². The molecule has 1 aromatic heterocycles. The number of nitrogens with zero attached hydrogens (tertiary/aromatic N) is 4. The zero-order valence-electron chi connectivity index (χ0n) is 13.2. The van der Waals surface area contributed by atoms with Crippen molar-refractivity contribution in [2.45, 2.75) is 20.0 Å². The van der Waals surface area contributed by atoms with Gasteiger partial charge in [-0.05, 0) is 29.0 Å². The van der Waals surface area contributed by atoms with E-state index in [1.165, 1.54) is 4.68 Å². The van der Waals surface area contributed by atoms with Gasteiger partial charge < -0.3 is 5.32 Å². The molecule has 0 radical (unpaired) electrons. The molecule has 0 spiro atoms. The summed E-state index contributed by atoms with van der Waals surface area (Å²) in [5, 5.41) is 10.2. The summed E-state index contributed by atoms with van der Waals surface area (Å²) in [7, 11) is 0. The number of aromatic nitrogens is 4. The highest BCUT2D eigenvalue weighted by Crippen LogP contribution is 2.27. The van der Waals surface area contributed by atoms with Crippen LogP contribution in [0.4, 0.5) is 5.69 Å². The summed E-state index contributed by atoms with van der Waals surface area (Å²) in [5.41, 5.74) is 2.20. The van der Waals surface area contributed by atoms with Gasteiger partial charge in [0, 0.05) is 17.8 Å². The van der Waals surface area contributed by atoms with Crippen molar-refractivity contribution in [3.8, 4) is 11.1 Å². The molecule has 0 unspecified atom stereocenters. The van der Waals surface area contributed by atoms with Crippen LogP contribution < -0.4 is 11.0 Å². The molecule has 7 nitrogen and oxygen atoms in total. The van der Waals surface area contributed by atoms with Crippen molar-refractivity contribution >= 4 is 11.6 Å². The van der Waals surface area contributed by atoms with Crippen LogP contribution in [0.5, 0.6) is 0 Å². The molecular weight excluding hydrogens is 306 g/mol. The van der Waals surface area contributed by atoms with E-state index in [9.17, 15) is 9.59 Å². The Labute approximate surface area is 138 Å². The van der Waals surface area contributed by atoms with E-state index in [-0.39, 0.29) is 12.5 Å². The summed E-state index contributed by atoms with van der Waals surface area (Å²) in [6.07, 6.45) is 0. The first-order valence-electron chi connectivity index (χ1n) is 7.64. The van der Waals surface area contributed by atoms with Crippen LogP contribution in [0, 0.1) is 0 Å². The first-order chi connectivity index (χ1) is 11.7. The van der Waals surface area contributed by atoms with Crippen molar-refractivity contribution in [2.24, 2.45) is 0 Å². The molecule has 1 N–H and O–H groups in total. The number of hydrogen-bond acceptors (Lipinski definition) is 4. The predicted molar refractivity (Wildman–Crippen MR) is 90.5 cm³/mol. The van der Waals surface area contributed by atoms with Gasteiger partial charge in [0.2, 0.25) is 5.91 Å². The lowest BCUT2D eigenvalue weighted by atomic mass is 10.0. The number of carbonyl (C=O) groups excluding carboxylic acids is 1. The van der Waals surface area contributed by atoms with E-state index < -0.39 is 5.69 Å². The number of rotatable bonds is 5. The highest BCUT2D eigenvalue weighted by molar-refractivity contribution is 5.95. The molecule has 0 fully saturated rings. The number of aryl methyl sites for hydroxylation is 1. The maximum atomic E-state index is 12.3. The Morgan fingerprint density at radius 1 is 1.00 bits per heavy atom. The van der Waals surface area contributed by atoms with E-state index in [2.05, 4.69) is 15.7 Å². The maximum Gasteiger partial charge on any atom is 0.364 e. The Balaban J connectivity index is 1.80. The smallest absolute Gasteiger partial charge is 0.324 e. The lowest BCUT2D eigenvalue weighted by Gasteiger charge is -2.11. The van der Waals surface area contributed by atoms with Crippen LogP contribution in [-0.4, -0.2) is 25.7 Å². The van der Waals surface area contributed by atoms with E-state index in [1.54, 1.807) is 6.92 Å². The lowest BCUT2D eigenvalue weighted by Crippen LogP contribution is -2.30. The van der Waals surface area contributed by atoms with Crippen LogP contribution in [0.1, 0.15) is 6.92 Å². The van der Waals surface area contributed by atoms with E-state index >= 15 is 0 Å². The molecule has 7 heteroatoms. The fraction of sp³-hybridized carbons (Fsp3) is 0.176. The molecule has 0 aliphatic carbocycles. The first-order valence-corrected chi connectivity index (χ1v) is 7.64. The Hall–Kier alpha value is -3.22. The van der Waals surface area contributed by atoms with Crippen LogP contribution >= 0.6 is 0 Å². The summed E-state index contributed by atoms with van der Waals surface area (Å²) in [5.74, 6) is -0.330. The second-order valence-electron chi connectivity index (χ2n) is 5.19. The van der Waals surface area contributed by atoms with E-state index in [4.69, 9.17) is 0 Å². The van der Waals surface area contributed by atoms with Gasteiger partial charge >= 0.3 is 5.69 Å². The molecule has 3 rings (SSSR count). The second-order valence-corrected chi connectivity index (χ2v) is 5.19. The van der Waals surface area contributed by atoms with Gasteiger partial charge in [0.05, 0.1) is 0 Å². The third-order valence-electron chi connectivity index (χ3n) is 3.58. The summed E-state index contributed by atoms with van der Waals surface area (Å²) >= 11 is 0. The number of amides is 1. The van der Waals surface area contributed by atoms with Gasteiger partial charge in [-0.3, -0.25) is 4.79 Å². The molecule has 0 saturated carbocycles. The average Bonchev–Trinajstić information content (AvgIpc) is 2.96. The fourth-order valence-corrected chi connectivity index (χ4v) is 2.39. The number of anilines is 1. The molecule has 0 atom stereocenters. The normalized spacial score (nSPS) is 10.5. The SMILES string of the molecule is CCn1nnn(CC(=O)Nc2ccccc2-c2ccccc2)c1=O. The highest BCUT2D eigenvalue weighted by atomic mass is 16.2. The number of benzene rings is 2. The topological polar surface area (TPSA) is 81.8 Å². The van der Waals surface area contributed by atoms with Crippen molar-refractivity contribution in [2.75, 3.05) is 5.32 Å². The Morgan fingerprint density at radius 3 is 2.38 bits per heavy atom. The number of tetrazole rings is 1. The molecule has 1 amide bonds. The first kappa shape index (κ1) is 15.7. The standard InChI is InChI=1S/C17H17N5O2/c1-2-21-17(24)22(20-19-21)12-16(23)18-15-11-7-6-10-14(15)13-8-4-3-5-9-13/h3-11H,2,12H2,1H3,(H,18,23). The molecule has 2 aromatic carbocycles. The van der Waals surface area contributed by atoms with Crippen LogP contribution in [0.3, 0.4) is 0 Å². The van der Waals surface area contributed by atoms with E-state index in [0.29, 0.717) is 12.2 Å². The number of hydrogen-bond donors (Lipinski definition) is 1. The summed E-state index contributed by atoms with van der Waals surface area (Å²) in [4.78, 5) is 24.2. The highest BCUT2D eigenvalue weighted by Gasteiger charge is 2.12. The molecule has 24 heavy (non-hydrogen) atoms. The summed E-state index contributed by atoms with van der Waals surface area (Å²) < 4.78 is 2.25. The molecule has 0 aliphatic heterocycles. The Kier molecular flexibility index (Phi) is 4.51. The molecular formula is C17H17N5O2. The summed E-state index contributed by atoms with van der Waals surface area (Å²) in [6, 6.07) is 17.3. The van der Waals surface area contributed by atoms with Crippen molar-refractivity contribution in [3.05, 3.63) is 65.1 Å². The minimum absolute atomic E-state index is 0.179. The van der Waals surface area contributed by atoms with Crippen LogP contribution in [-0.2, 0) is 17.9 Å². The van der Waals surface area contributed by atoms with Crippen molar-refractivity contribution in [1.82, 2.24) is 19.8 Å². The number of nitrogens with one attached hydrogen (secondary N) is 1. The minimum Gasteiger partial charge on any atom is -0.324 e. The third kappa shape index (κ3) is 3.24. The van der Waals surface area contributed by atoms with Gasteiger partial charge in [0.25, 0.3) is 0 Å². The van der Waals surface area contributed by atoms with Gasteiger partial charge in [0.15, 0.2) is 0 Å². The second kappa shape index (κ2) is 6.91. The maximum absolute atomic E-state index is 12.3. The van der Waals surface area contributed by atoms with Crippen LogP contribution in [0.15, 0.2) is 59.4 Å². The zero-order chi connectivity index (χ0) is 16.9. The lowest BCUT2D eigenvalue weighted by molar-refractivity contribution is -0.117. The largest absolute Gasteiger partial charge is 0.364 e. The van der Waals surface area contributed by atoms with Crippen LogP contribution in [0.25, 0.3) is 11.1 Å². The predicted octanol–water partition coefficient (Wildman–Crippen LogP) is 1.77. The van der Waals surface area contributed by atoms with Crippen molar-refractivity contribution in [1.29, 1.82) is 0 Å². The van der Waals surface area contributed by atoms with Gasteiger partial charge in [-0.15, -0.1) is 0 Å². The Bertz CT molecular complexity index is 899. The van der Waals surface area contributed by atoms with Crippen molar-refractivity contribution < 1.29 is 4.79 Å².